The number of thioether (sulfide) groups is 1. The number of ether oxygens (including phenoxy) is 2. The molecule has 114 valence electrons. The van der Waals surface area contributed by atoms with E-state index < -0.39 is 0 Å². The number of benzene rings is 2. The summed E-state index contributed by atoms with van der Waals surface area (Å²) in [5.41, 5.74) is 2.00. The lowest BCUT2D eigenvalue weighted by Crippen LogP contribution is -2.04. The molecule has 0 bridgehead atoms. The van der Waals surface area contributed by atoms with Crippen molar-refractivity contribution in [2.45, 2.75) is 5.75 Å². The molecule has 1 N–H and O–H groups in total. The smallest absolute Gasteiger partial charge is 0.231 e. The van der Waals surface area contributed by atoms with Crippen LogP contribution in [0.15, 0.2) is 40.9 Å². The minimum atomic E-state index is 0.288. The van der Waals surface area contributed by atoms with Crippen LogP contribution in [0.1, 0.15) is 5.56 Å². The predicted octanol–water partition coefficient (Wildman–Crippen LogP) is 5.46. The van der Waals surface area contributed by atoms with E-state index in [4.69, 9.17) is 33.3 Å². The molecule has 0 atom stereocenters. The van der Waals surface area contributed by atoms with E-state index >= 15 is 0 Å². The highest BCUT2D eigenvalue weighted by atomic mass is 79.9. The fourth-order valence-electron chi connectivity index (χ4n) is 1.91. The molecule has 0 amide bonds. The van der Waals surface area contributed by atoms with E-state index in [1.54, 1.807) is 11.8 Å². The van der Waals surface area contributed by atoms with Crippen LogP contribution in [0.5, 0.6) is 11.5 Å². The summed E-state index contributed by atoms with van der Waals surface area (Å²) in [4.78, 5) is 0. The number of hydrogen-bond donors (Lipinski definition) is 1. The zero-order chi connectivity index (χ0) is 15.5. The van der Waals surface area contributed by atoms with Gasteiger partial charge in [0.15, 0.2) is 11.5 Å². The molecule has 7 heteroatoms. The largest absolute Gasteiger partial charge is 0.454 e. The Bertz CT molecular complexity index is 727. The normalized spacial score (nSPS) is 12.3. The standard InChI is InChI=1S/C15H11BrClNO2S2/c16-11-3-2-10(6-12(11)17)18-15(21)22-7-9-1-4-13-14(5-9)20-8-19-13/h1-6H,7-8H2,(H,18,21). The Morgan fingerprint density at radius 1 is 1.23 bits per heavy atom. The van der Waals surface area contributed by atoms with Gasteiger partial charge in [0.05, 0.1) is 5.02 Å². The van der Waals surface area contributed by atoms with Crippen molar-refractivity contribution in [3.05, 3.63) is 51.5 Å². The molecule has 2 aromatic rings. The monoisotopic (exact) mass is 415 g/mol. The number of fused-ring (bicyclic) bond motifs is 1. The zero-order valence-electron chi connectivity index (χ0n) is 11.3. The molecule has 1 heterocycles. The SMILES string of the molecule is S=C(Nc1ccc(Br)c(Cl)c1)SCc1ccc2c(c1)OCO2. The van der Waals surface area contributed by atoms with E-state index in [-0.39, 0.29) is 6.79 Å². The summed E-state index contributed by atoms with van der Waals surface area (Å²) >= 11 is 16.3. The molecule has 1 aliphatic heterocycles. The van der Waals surface area contributed by atoms with Gasteiger partial charge in [0.25, 0.3) is 0 Å². The summed E-state index contributed by atoms with van der Waals surface area (Å²) in [6.45, 7) is 0.288. The minimum Gasteiger partial charge on any atom is -0.454 e. The summed E-state index contributed by atoms with van der Waals surface area (Å²) < 4.78 is 12.2. The molecular weight excluding hydrogens is 406 g/mol. The first-order valence-corrected chi connectivity index (χ1v) is 8.95. The van der Waals surface area contributed by atoms with Crippen LogP contribution in [-0.2, 0) is 5.75 Å². The molecule has 1 aliphatic rings. The molecule has 3 rings (SSSR count). The van der Waals surface area contributed by atoms with Gasteiger partial charge in [-0.2, -0.15) is 0 Å². The summed E-state index contributed by atoms with van der Waals surface area (Å²) in [5, 5.41) is 3.81. The average Bonchev–Trinajstić information content (AvgIpc) is 2.96. The first-order chi connectivity index (χ1) is 10.6. The molecule has 0 radical (unpaired) electrons. The van der Waals surface area contributed by atoms with Crippen molar-refractivity contribution in [2.24, 2.45) is 0 Å². The number of rotatable bonds is 3. The molecule has 0 saturated heterocycles. The van der Waals surface area contributed by atoms with Gasteiger partial charge in [0, 0.05) is 15.9 Å². The van der Waals surface area contributed by atoms with E-state index in [1.807, 2.05) is 36.4 Å². The van der Waals surface area contributed by atoms with E-state index in [1.165, 1.54) is 0 Å². The third-order valence-corrected chi connectivity index (χ3v) is 5.50. The second-order valence-electron chi connectivity index (χ2n) is 4.52. The Kier molecular flexibility index (Phi) is 5.13. The van der Waals surface area contributed by atoms with Crippen LogP contribution in [0, 0.1) is 0 Å². The maximum atomic E-state index is 6.06. The Hall–Kier alpha value is -0.950. The Morgan fingerprint density at radius 2 is 2.05 bits per heavy atom. The minimum absolute atomic E-state index is 0.288. The number of anilines is 1. The average molecular weight is 417 g/mol. The first kappa shape index (κ1) is 15.9. The third-order valence-electron chi connectivity index (χ3n) is 2.97. The molecule has 0 aliphatic carbocycles. The third kappa shape index (κ3) is 3.87. The Morgan fingerprint density at radius 3 is 2.86 bits per heavy atom. The summed E-state index contributed by atoms with van der Waals surface area (Å²) in [6, 6.07) is 11.6. The van der Waals surface area contributed by atoms with E-state index in [0.29, 0.717) is 9.34 Å². The molecule has 0 spiro atoms. The lowest BCUT2D eigenvalue weighted by molar-refractivity contribution is 0.174. The molecule has 3 nitrogen and oxygen atoms in total. The Balaban J connectivity index is 1.57. The number of hydrogen-bond acceptors (Lipinski definition) is 4. The van der Waals surface area contributed by atoms with Crippen molar-refractivity contribution >= 4 is 61.5 Å². The van der Waals surface area contributed by atoms with Crippen molar-refractivity contribution < 1.29 is 9.47 Å². The highest BCUT2D eigenvalue weighted by molar-refractivity contribution is 9.10. The van der Waals surface area contributed by atoms with Gasteiger partial charge in [-0.1, -0.05) is 41.6 Å². The van der Waals surface area contributed by atoms with Gasteiger partial charge in [0.2, 0.25) is 6.79 Å². The van der Waals surface area contributed by atoms with Gasteiger partial charge >= 0.3 is 0 Å². The lowest BCUT2D eigenvalue weighted by Gasteiger charge is -2.09. The van der Waals surface area contributed by atoms with Gasteiger partial charge in [-0.15, -0.1) is 0 Å². The van der Waals surface area contributed by atoms with Crippen LogP contribution in [0.25, 0.3) is 0 Å². The number of halogens is 2. The van der Waals surface area contributed by atoms with E-state index in [2.05, 4.69) is 21.2 Å². The highest BCUT2D eigenvalue weighted by Crippen LogP contribution is 2.33. The molecule has 0 fully saturated rings. The van der Waals surface area contributed by atoms with Crippen molar-refractivity contribution in [1.29, 1.82) is 0 Å². The highest BCUT2D eigenvalue weighted by Gasteiger charge is 2.13. The fraction of sp³-hybridized carbons (Fsp3) is 0.133. The van der Waals surface area contributed by atoms with Gasteiger partial charge in [-0.25, -0.2) is 0 Å². The van der Waals surface area contributed by atoms with E-state index in [0.717, 1.165) is 33.0 Å². The summed E-state index contributed by atoms with van der Waals surface area (Å²) in [5.74, 6) is 2.34. The van der Waals surface area contributed by atoms with Crippen LogP contribution in [-0.4, -0.2) is 11.1 Å². The lowest BCUT2D eigenvalue weighted by atomic mass is 10.2. The molecule has 22 heavy (non-hydrogen) atoms. The number of thiocarbonyl (C=S) groups is 1. The van der Waals surface area contributed by atoms with Crippen LogP contribution in [0.2, 0.25) is 5.02 Å². The van der Waals surface area contributed by atoms with Gasteiger partial charge < -0.3 is 14.8 Å². The molecule has 0 saturated carbocycles. The second kappa shape index (κ2) is 7.08. The van der Waals surface area contributed by atoms with Crippen molar-refractivity contribution in [3.63, 3.8) is 0 Å². The summed E-state index contributed by atoms with van der Waals surface area (Å²) in [6.07, 6.45) is 0. The van der Waals surface area contributed by atoms with Crippen LogP contribution >= 0.6 is 51.5 Å². The molecule has 0 aromatic heterocycles. The molecule has 0 unspecified atom stereocenters. The van der Waals surface area contributed by atoms with Crippen LogP contribution in [0.4, 0.5) is 5.69 Å². The first-order valence-electron chi connectivity index (χ1n) is 6.39. The van der Waals surface area contributed by atoms with Crippen molar-refractivity contribution in [1.82, 2.24) is 0 Å². The van der Waals surface area contributed by atoms with Crippen LogP contribution < -0.4 is 14.8 Å². The number of nitrogens with one attached hydrogen (secondary N) is 1. The second-order valence-corrected chi connectivity index (χ2v) is 7.43. The maximum absolute atomic E-state index is 6.06. The topological polar surface area (TPSA) is 30.5 Å². The predicted molar refractivity (Wildman–Crippen MR) is 99.2 cm³/mol. The van der Waals surface area contributed by atoms with Gasteiger partial charge in [-0.3, -0.25) is 0 Å². The quantitative estimate of drug-likeness (QED) is 0.671. The fourth-order valence-corrected chi connectivity index (χ4v) is 3.30. The Labute approximate surface area is 151 Å². The summed E-state index contributed by atoms with van der Waals surface area (Å²) in [7, 11) is 0. The molecule has 2 aromatic carbocycles. The molecular formula is C15H11BrClNO2S2. The maximum Gasteiger partial charge on any atom is 0.231 e. The van der Waals surface area contributed by atoms with E-state index in [9.17, 15) is 0 Å². The van der Waals surface area contributed by atoms with Crippen LogP contribution in [0.3, 0.4) is 0 Å². The van der Waals surface area contributed by atoms with Crippen molar-refractivity contribution in [3.8, 4) is 11.5 Å². The van der Waals surface area contributed by atoms with Gasteiger partial charge in [0.1, 0.15) is 4.32 Å². The zero-order valence-corrected chi connectivity index (χ0v) is 15.2. The van der Waals surface area contributed by atoms with Gasteiger partial charge in [-0.05, 0) is 51.8 Å². The van der Waals surface area contributed by atoms with Crippen molar-refractivity contribution in [2.75, 3.05) is 12.1 Å².